The SMILES string of the molecule is C=CC=C(Cl)Cl.C=CC=CBr. The molecule has 0 saturated carbocycles. The smallest absolute Gasteiger partial charge is 0.0990 e. The summed E-state index contributed by atoms with van der Waals surface area (Å²) in [6.07, 6.45) is 6.53. The molecule has 0 aliphatic carbocycles. The van der Waals surface area contributed by atoms with Gasteiger partial charge in [0.05, 0.1) is 0 Å². The van der Waals surface area contributed by atoms with Gasteiger partial charge in [0.25, 0.3) is 0 Å². The second kappa shape index (κ2) is 12.7. The Morgan fingerprint density at radius 2 is 1.73 bits per heavy atom. The number of rotatable bonds is 2. The van der Waals surface area contributed by atoms with E-state index in [0.717, 1.165) is 0 Å². The van der Waals surface area contributed by atoms with Gasteiger partial charge in [-0.25, -0.2) is 0 Å². The van der Waals surface area contributed by atoms with Crippen LogP contribution in [0.15, 0.2) is 46.9 Å². The molecule has 0 aliphatic rings. The van der Waals surface area contributed by atoms with E-state index >= 15 is 0 Å². The first-order valence-corrected chi connectivity index (χ1v) is 4.37. The Hall–Kier alpha value is 0.0200. The number of allylic oxidation sites excluding steroid dienone is 4. The lowest BCUT2D eigenvalue weighted by atomic mass is 10.6. The second-order valence-electron chi connectivity index (χ2n) is 1.25. The maximum atomic E-state index is 5.13. The van der Waals surface area contributed by atoms with Crippen molar-refractivity contribution in [1.82, 2.24) is 0 Å². The highest BCUT2D eigenvalue weighted by Gasteiger charge is 1.71. The van der Waals surface area contributed by atoms with Gasteiger partial charge in [0.1, 0.15) is 4.49 Å². The quantitative estimate of drug-likeness (QED) is 0.634. The molecule has 0 aromatic carbocycles. The predicted octanol–water partition coefficient (Wildman–Crippen LogP) is 4.57. The van der Waals surface area contributed by atoms with Gasteiger partial charge in [-0.15, -0.1) is 0 Å². The Morgan fingerprint density at radius 1 is 1.18 bits per heavy atom. The maximum absolute atomic E-state index is 5.13. The van der Waals surface area contributed by atoms with Crippen LogP contribution >= 0.6 is 39.1 Å². The molecule has 62 valence electrons. The van der Waals surface area contributed by atoms with E-state index in [1.807, 2.05) is 0 Å². The minimum absolute atomic E-state index is 0.241. The molecule has 0 rings (SSSR count). The van der Waals surface area contributed by atoms with Crippen LogP contribution in [0, 0.1) is 0 Å². The molecule has 0 aromatic heterocycles. The largest absolute Gasteiger partial charge is 0.106 e. The summed E-state index contributed by atoms with van der Waals surface area (Å²) in [7, 11) is 0. The molecule has 0 spiro atoms. The van der Waals surface area contributed by atoms with Crippen molar-refractivity contribution in [3.63, 3.8) is 0 Å². The number of hydrogen-bond donors (Lipinski definition) is 0. The Labute approximate surface area is 86.0 Å². The van der Waals surface area contributed by atoms with E-state index in [-0.39, 0.29) is 4.49 Å². The van der Waals surface area contributed by atoms with E-state index in [0.29, 0.717) is 0 Å². The standard InChI is InChI=1S/C4H5Br.C4H4Cl2/c1-2-3-4-5;1-2-3-4(5)6/h2-4H,1H2;2-3H,1H2. The Bertz CT molecular complexity index is 155. The first-order chi connectivity index (χ1) is 5.18. The highest BCUT2D eigenvalue weighted by atomic mass is 79.9. The van der Waals surface area contributed by atoms with Crippen molar-refractivity contribution in [3.8, 4) is 0 Å². The zero-order valence-electron chi connectivity index (χ0n) is 5.93. The molecule has 0 aromatic rings. The van der Waals surface area contributed by atoms with Gasteiger partial charge in [0.2, 0.25) is 0 Å². The van der Waals surface area contributed by atoms with Crippen LogP contribution in [0.2, 0.25) is 0 Å². The van der Waals surface area contributed by atoms with Crippen LogP contribution in [0.4, 0.5) is 0 Å². The Balaban J connectivity index is 0. The van der Waals surface area contributed by atoms with E-state index in [2.05, 4.69) is 29.1 Å². The molecule has 0 N–H and O–H groups in total. The van der Waals surface area contributed by atoms with Gasteiger partial charge in [0.15, 0.2) is 0 Å². The minimum atomic E-state index is 0.241. The van der Waals surface area contributed by atoms with Crippen LogP contribution in [-0.2, 0) is 0 Å². The van der Waals surface area contributed by atoms with E-state index in [1.54, 1.807) is 17.1 Å². The molecular formula is C8H9BrCl2. The topological polar surface area (TPSA) is 0 Å². The fourth-order valence-corrected chi connectivity index (χ4v) is 0.535. The first-order valence-electron chi connectivity index (χ1n) is 2.70. The third kappa shape index (κ3) is 25.6. The van der Waals surface area contributed by atoms with E-state index in [4.69, 9.17) is 23.2 Å². The third-order valence-corrected chi connectivity index (χ3v) is 1.01. The molecule has 0 bridgehead atoms. The Kier molecular flexibility index (Phi) is 15.7. The van der Waals surface area contributed by atoms with Crippen LogP contribution in [0.25, 0.3) is 0 Å². The lowest BCUT2D eigenvalue weighted by molar-refractivity contribution is 2.06. The van der Waals surface area contributed by atoms with Crippen molar-refractivity contribution in [3.05, 3.63) is 46.9 Å². The van der Waals surface area contributed by atoms with Gasteiger partial charge >= 0.3 is 0 Å². The van der Waals surface area contributed by atoms with Crippen molar-refractivity contribution in [2.45, 2.75) is 0 Å². The lowest BCUT2D eigenvalue weighted by Crippen LogP contribution is -1.42. The minimum Gasteiger partial charge on any atom is -0.0990 e. The molecule has 11 heavy (non-hydrogen) atoms. The van der Waals surface area contributed by atoms with Crippen LogP contribution in [0.5, 0.6) is 0 Å². The summed E-state index contributed by atoms with van der Waals surface area (Å²) >= 11 is 13.3. The van der Waals surface area contributed by atoms with Crippen molar-refractivity contribution in [2.75, 3.05) is 0 Å². The summed E-state index contributed by atoms with van der Waals surface area (Å²) in [4.78, 5) is 1.75. The van der Waals surface area contributed by atoms with E-state index in [1.165, 1.54) is 12.2 Å². The second-order valence-corrected chi connectivity index (χ2v) is 2.78. The van der Waals surface area contributed by atoms with Gasteiger partial charge in [0, 0.05) is 0 Å². The molecule has 0 amide bonds. The summed E-state index contributed by atoms with van der Waals surface area (Å²) in [6, 6.07) is 0. The van der Waals surface area contributed by atoms with Crippen molar-refractivity contribution in [2.24, 2.45) is 0 Å². The molecule has 0 radical (unpaired) electrons. The number of hydrogen-bond acceptors (Lipinski definition) is 0. The molecule has 0 fully saturated rings. The third-order valence-electron chi connectivity index (χ3n) is 0.453. The van der Waals surface area contributed by atoms with Crippen molar-refractivity contribution in [1.29, 1.82) is 0 Å². The van der Waals surface area contributed by atoms with E-state index < -0.39 is 0 Å². The average Bonchev–Trinajstić information content (AvgIpc) is 1.90. The van der Waals surface area contributed by atoms with Gasteiger partial charge in [-0.05, 0) is 11.1 Å². The number of halogens is 3. The zero-order chi connectivity index (χ0) is 9.11. The van der Waals surface area contributed by atoms with Gasteiger partial charge in [-0.3, -0.25) is 0 Å². The maximum Gasteiger partial charge on any atom is 0.106 e. The highest BCUT2D eigenvalue weighted by Crippen LogP contribution is 2.04. The molecule has 0 heterocycles. The fraction of sp³-hybridized carbons (Fsp3) is 0. The summed E-state index contributed by atoms with van der Waals surface area (Å²) < 4.78 is 0.241. The van der Waals surface area contributed by atoms with Gasteiger partial charge in [-0.1, -0.05) is 70.5 Å². The van der Waals surface area contributed by atoms with Crippen molar-refractivity contribution < 1.29 is 0 Å². The van der Waals surface area contributed by atoms with E-state index in [9.17, 15) is 0 Å². The van der Waals surface area contributed by atoms with Gasteiger partial charge < -0.3 is 0 Å². The molecule has 0 aliphatic heterocycles. The molecule has 0 nitrogen and oxygen atoms in total. The molecule has 0 atom stereocenters. The summed E-state index contributed by atoms with van der Waals surface area (Å²) in [5.74, 6) is 0. The zero-order valence-corrected chi connectivity index (χ0v) is 9.03. The summed E-state index contributed by atoms with van der Waals surface area (Å²) in [6.45, 7) is 6.79. The molecule has 3 heteroatoms. The summed E-state index contributed by atoms with van der Waals surface area (Å²) in [5.41, 5.74) is 0. The predicted molar refractivity (Wildman–Crippen MR) is 58.3 cm³/mol. The highest BCUT2D eigenvalue weighted by molar-refractivity contribution is 9.11. The Morgan fingerprint density at radius 3 is 1.73 bits per heavy atom. The normalized spacial score (nSPS) is 7.91. The van der Waals surface area contributed by atoms with Crippen LogP contribution in [0.1, 0.15) is 0 Å². The molecule has 0 saturated heterocycles. The average molecular weight is 256 g/mol. The van der Waals surface area contributed by atoms with Gasteiger partial charge in [-0.2, -0.15) is 0 Å². The summed E-state index contributed by atoms with van der Waals surface area (Å²) in [5, 5.41) is 0. The van der Waals surface area contributed by atoms with Crippen LogP contribution in [0.3, 0.4) is 0 Å². The first kappa shape index (κ1) is 13.6. The van der Waals surface area contributed by atoms with Crippen molar-refractivity contribution >= 4 is 39.1 Å². The molecular weight excluding hydrogens is 247 g/mol. The van der Waals surface area contributed by atoms with Crippen LogP contribution in [-0.4, -0.2) is 0 Å². The van der Waals surface area contributed by atoms with Crippen LogP contribution < -0.4 is 0 Å². The fourth-order valence-electron chi connectivity index (χ4n) is 0.141. The lowest BCUT2D eigenvalue weighted by Gasteiger charge is -1.69. The monoisotopic (exact) mass is 254 g/mol. The molecule has 0 unspecified atom stereocenters.